The number of aromatic nitrogens is 3. The van der Waals surface area contributed by atoms with Gasteiger partial charge in [0.05, 0.1) is 6.20 Å². The van der Waals surface area contributed by atoms with Crippen LogP contribution >= 0.6 is 0 Å². The number of nitrogens with one attached hydrogen (secondary N) is 3. The van der Waals surface area contributed by atoms with Crippen molar-refractivity contribution < 1.29 is 4.79 Å². The smallest absolute Gasteiger partial charge is 0.320 e. The van der Waals surface area contributed by atoms with E-state index in [1.54, 1.807) is 12.4 Å². The zero-order valence-corrected chi connectivity index (χ0v) is 11.1. The summed E-state index contributed by atoms with van der Waals surface area (Å²) in [6.07, 6.45) is 8.34. The van der Waals surface area contributed by atoms with Gasteiger partial charge in [0.2, 0.25) is 0 Å². The largest absolute Gasteiger partial charge is 0.345 e. The zero-order valence-electron chi connectivity index (χ0n) is 11.1. The molecule has 6 nitrogen and oxygen atoms in total. The Morgan fingerprint density at radius 3 is 3.10 bits per heavy atom. The highest BCUT2D eigenvalue weighted by Gasteiger charge is 2.40. The second kappa shape index (κ2) is 4.47. The quantitative estimate of drug-likeness (QED) is 0.783. The summed E-state index contributed by atoms with van der Waals surface area (Å²) in [4.78, 5) is 23.5. The number of rotatable bonds is 2. The predicted molar refractivity (Wildman–Crippen MR) is 75.3 cm³/mol. The molecular formula is C14H17N5O. The first kappa shape index (κ1) is 11.7. The maximum Gasteiger partial charge on any atom is 0.320 e. The molecule has 3 atom stereocenters. The van der Waals surface area contributed by atoms with Crippen LogP contribution in [0, 0.1) is 11.8 Å². The van der Waals surface area contributed by atoms with E-state index in [4.69, 9.17) is 0 Å². The second-order valence-electron chi connectivity index (χ2n) is 5.85. The van der Waals surface area contributed by atoms with E-state index in [0.29, 0.717) is 17.8 Å². The molecular weight excluding hydrogens is 254 g/mol. The van der Waals surface area contributed by atoms with Gasteiger partial charge in [-0.3, -0.25) is 5.32 Å². The van der Waals surface area contributed by atoms with Crippen LogP contribution in [-0.2, 0) is 0 Å². The van der Waals surface area contributed by atoms with Crippen molar-refractivity contribution in [1.29, 1.82) is 0 Å². The monoisotopic (exact) mass is 271 g/mol. The fourth-order valence-corrected chi connectivity index (χ4v) is 3.63. The lowest BCUT2D eigenvalue weighted by Gasteiger charge is -2.22. The summed E-state index contributed by atoms with van der Waals surface area (Å²) in [6.45, 7) is 0. The van der Waals surface area contributed by atoms with Gasteiger partial charge in [-0.15, -0.1) is 0 Å². The Bertz CT molecular complexity index is 652. The highest BCUT2D eigenvalue weighted by atomic mass is 16.2. The van der Waals surface area contributed by atoms with Crippen LogP contribution in [0.5, 0.6) is 0 Å². The molecule has 0 aliphatic heterocycles. The molecule has 2 fully saturated rings. The SMILES string of the molecule is O=C(Nc1cnc2[nH]ccc2n1)N[C@H]1C[C@@H]2CC[C@@H]1C2. The summed E-state index contributed by atoms with van der Waals surface area (Å²) >= 11 is 0. The lowest BCUT2D eigenvalue weighted by Crippen LogP contribution is -2.41. The highest BCUT2D eigenvalue weighted by molar-refractivity contribution is 5.89. The fraction of sp³-hybridized carbons (Fsp3) is 0.500. The highest BCUT2D eigenvalue weighted by Crippen LogP contribution is 2.44. The molecule has 3 N–H and O–H groups in total. The molecule has 0 unspecified atom stereocenters. The molecule has 4 rings (SSSR count). The lowest BCUT2D eigenvalue weighted by atomic mass is 9.95. The van der Waals surface area contributed by atoms with E-state index < -0.39 is 0 Å². The lowest BCUT2D eigenvalue weighted by molar-refractivity contribution is 0.242. The first-order chi connectivity index (χ1) is 9.78. The van der Waals surface area contributed by atoms with Gasteiger partial charge in [0.15, 0.2) is 11.5 Å². The normalized spacial score (nSPS) is 27.9. The number of aromatic amines is 1. The van der Waals surface area contributed by atoms with Crippen molar-refractivity contribution in [2.75, 3.05) is 5.32 Å². The number of fused-ring (bicyclic) bond motifs is 3. The fourth-order valence-electron chi connectivity index (χ4n) is 3.63. The summed E-state index contributed by atoms with van der Waals surface area (Å²) < 4.78 is 0. The molecule has 2 heterocycles. The van der Waals surface area contributed by atoms with E-state index in [1.807, 2.05) is 6.07 Å². The van der Waals surface area contributed by atoms with Crippen molar-refractivity contribution in [3.63, 3.8) is 0 Å². The summed E-state index contributed by atoms with van der Waals surface area (Å²) in [5.74, 6) is 1.98. The number of hydrogen-bond donors (Lipinski definition) is 3. The molecule has 20 heavy (non-hydrogen) atoms. The molecule has 2 amide bonds. The third-order valence-corrected chi connectivity index (χ3v) is 4.56. The Morgan fingerprint density at radius 1 is 1.35 bits per heavy atom. The van der Waals surface area contributed by atoms with Crippen molar-refractivity contribution in [3.8, 4) is 0 Å². The van der Waals surface area contributed by atoms with Crippen molar-refractivity contribution in [2.24, 2.45) is 11.8 Å². The van der Waals surface area contributed by atoms with E-state index in [1.165, 1.54) is 19.3 Å². The van der Waals surface area contributed by atoms with E-state index in [0.717, 1.165) is 23.5 Å². The first-order valence-corrected chi connectivity index (χ1v) is 7.15. The molecule has 104 valence electrons. The van der Waals surface area contributed by atoms with Gasteiger partial charge in [-0.25, -0.2) is 14.8 Å². The summed E-state index contributed by atoms with van der Waals surface area (Å²) in [5.41, 5.74) is 1.48. The van der Waals surface area contributed by atoms with Gasteiger partial charge in [-0.05, 0) is 37.2 Å². The minimum atomic E-state index is -0.174. The second-order valence-corrected chi connectivity index (χ2v) is 5.85. The van der Waals surface area contributed by atoms with Gasteiger partial charge >= 0.3 is 6.03 Å². The molecule has 2 aliphatic carbocycles. The standard InChI is InChI=1S/C14H17N5O/c20-14(18-11-6-8-1-2-9(11)5-8)19-12-7-16-13-10(17-12)3-4-15-13/h3-4,7-9,11H,1-2,5-6H2,(H,15,16)(H2,17,18,19,20)/t8-,9-,11+/m1/s1. The molecule has 0 aromatic carbocycles. The van der Waals surface area contributed by atoms with E-state index in [9.17, 15) is 4.79 Å². The minimum absolute atomic E-state index is 0.174. The molecule has 2 bridgehead atoms. The van der Waals surface area contributed by atoms with Crippen molar-refractivity contribution in [1.82, 2.24) is 20.3 Å². The number of nitrogens with zero attached hydrogens (tertiary/aromatic N) is 2. The maximum atomic E-state index is 12.0. The number of carbonyl (C=O) groups excluding carboxylic acids is 1. The number of hydrogen-bond acceptors (Lipinski definition) is 3. The van der Waals surface area contributed by atoms with E-state index in [-0.39, 0.29) is 6.03 Å². The molecule has 0 radical (unpaired) electrons. The van der Waals surface area contributed by atoms with Crippen LogP contribution < -0.4 is 10.6 Å². The minimum Gasteiger partial charge on any atom is -0.345 e. The van der Waals surface area contributed by atoms with E-state index in [2.05, 4.69) is 25.6 Å². The van der Waals surface area contributed by atoms with Crippen LogP contribution in [-0.4, -0.2) is 27.0 Å². The third-order valence-electron chi connectivity index (χ3n) is 4.56. The number of amides is 2. The number of carbonyl (C=O) groups is 1. The van der Waals surface area contributed by atoms with Crippen LogP contribution in [0.2, 0.25) is 0 Å². The van der Waals surface area contributed by atoms with Crippen LogP contribution in [0.4, 0.5) is 10.6 Å². The van der Waals surface area contributed by atoms with Gasteiger partial charge in [0.1, 0.15) is 5.52 Å². The molecule has 0 saturated heterocycles. The van der Waals surface area contributed by atoms with Crippen LogP contribution in [0.3, 0.4) is 0 Å². The van der Waals surface area contributed by atoms with E-state index >= 15 is 0 Å². The molecule has 2 aromatic rings. The number of H-pyrrole nitrogens is 1. The average Bonchev–Trinajstić information content (AvgIpc) is 3.13. The Morgan fingerprint density at radius 2 is 2.30 bits per heavy atom. The molecule has 2 aliphatic rings. The zero-order chi connectivity index (χ0) is 13.5. The van der Waals surface area contributed by atoms with Crippen molar-refractivity contribution >= 4 is 23.0 Å². The predicted octanol–water partition coefficient (Wildman–Crippen LogP) is 2.27. The molecule has 2 saturated carbocycles. The van der Waals surface area contributed by atoms with Crippen molar-refractivity contribution in [2.45, 2.75) is 31.7 Å². The van der Waals surface area contributed by atoms with Crippen LogP contribution in [0.15, 0.2) is 18.5 Å². The van der Waals surface area contributed by atoms with Gasteiger partial charge < -0.3 is 10.3 Å². The van der Waals surface area contributed by atoms with Gasteiger partial charge in [-0.1, -0.05) is 6.42 Å². The average molecular weight is 271 g/mol. The summed E-state index contributed by atoms with van der Waals surface area (Å²) in [6, 6.07) is 1.99. The first-order valence-electron chi connectivity index (χ1n) is 7.15. The number of urea groups is 1. The third kappa shape index (κ3) is 2.01. The van der Waals surface area contributed by atoms with Gasteiger partial charge in [-0.2, -0.15) is 0 Å². The Labute approximate surface area is 116 Å². The molecule has 6 heteroatoms. The molecule has 2 aromatic heterocycles. The Balaban J connectivity index is 1.41. The Kier molecular flexibility index (Phi) is 2.61. The van der Waals surface area contributed by atoms with Crippen molar-refractivity contribution in [3.05, 3.63) is 18.5 Å². The van der Waals surface area contributed by atoms with Gasteiger partial charge in [0.25, 0.3) is 0 Å². The summed E-state index contributed by atoms with van der Waals surface area (Å²) in [7, 11) is 0. The molecule has 0 spiro atoms. The van der Waals surface area contributed by atoms with Crippen LogP contribution in [0.25, 0.3) is 11.2 Å². The van der Waals surface area contributed by atoms with Gasteiger partial charge in [0, 0.05) is 12.2 Å². The van der Waals surface area contributed by atoms with Crippen LogP contribution in [0.1, 0.15) is 25.7 Å². The topological polar surface area (TPSA) is 82.7 Å². The Hall–Kier alpha value is -2.11. The number of anilines is 1. The maximum absolute atomic E-state index is 12.0. The summed E-state index contributed by atoms with van der Waals surface area (Å²) in [5, 5.41) is 5.85.